The van der Waals surface area contributed by atoms with Crippen molar-refractivity contribution in [1.29, 1.82) is 0 Å². The fourth-order valence-electron chi connectivity index (χ4n) is 1.57. The first-order valence-corrected chi connectivity index (χ1v) is 6.29. The number of hydrogen-bond donors (Lipinski definition) is 1. The molecule has 1 N–H and O–H groups in total. The van der Waals surface area contributed by atoms with Gasteiger partial charge >= 0.3 is 6.01 Å². The van der Waals surface area contributed by atoms with Crippen molar-refractivity contribution in [1.82, 2.24) is 25.2 Å². The van der Waals surface area contributed by atoms with E-state index in [4.69, 9.17) is 27.6 Å². The quantitative estimate of drug-likeness (QED) is 0.801. The summed E-state index contributed by atoms with van der Waals surface area (Å²) < 4.78 is 6.98. The van der Waals surface area contributed by atoms with E-state index in [0.29, 0.717) is 21.4 Å². The molecule has 0 aliphatic heterocycles. The normalized spacial score (nSPS) is 10.8. The minimum absolute atomic E-state index is 0.212. The maximum atomic E-state index is 5.91. The van der Waals surface area contributed by atoms with Crippen LogP contribution in [0.4, 0.5) is 11.7 Å². The lowest BCUT2D eigenvalue weighted by Gasteiger charge is -2.02. The lowest BCUT2D eigenvalue weighted by Crippen LogP contribution is -1.90. The average Bonchev–Trinajstić information content (AvgIpc) is 2.96. The molecule has 20 heavy (non-hydrogen) atoms. The second-order valence-corrected chi connectivity index (χ2v) is 4.85. The molecule has 0 unspecified atom stereocenters. The third kappa shape index (κ3) is 2.73. The zero-order chi connectivity index (χ0) is 14.1. The minimum atomic E-state index is 0.212. The predicted molar refractivity (Wildman–Crippen MR) is 74.0 cm³/mol. The number of nitrogens with zero attached hydrogens (tertiary/aromatic N) is 5. The Morgan fingerprint density at radius 1 is 1.10 bits per heavy atom. The second kappa shape index (κ2) is 5.10. The SMILES string of the molecule is Cn1cc(-c2nnc(Nc3cc(Cl)cc(Cl)c3)o2)nn1. The van der Waals surface area contributed by atoms with Crippen LogP contribution in [0, 0.1) is 0 Å². The number of rotatable bonds is 3. The van der Waals surface area contributed by atoms with E-state index in [1.54, 1.807) is 36.1 Å². The highest BCUT2D eigenvalue weighted by molar-refractivity contribution is 6.35. The van der Waals surface area contributed by atoms with Gasteiger partial charge < -0.3 is 9.73 Å². The van der Waals surface area contributed by atoms with Crippen LogP contribution in [0.5, 0.6) is 0 Å². The highest BCUT2D eigenvalue weighted by Gasteiger charge is 2.12. The molecule has 9 heteroatoms. The van der Waals surface area contributed by atoms with Crippen LogP contribution in [0.3, 0.4) is 0 Å². The molecule has 2 aromatic heterocycles. The van der Waals surface area contributed by atoms with Gasteiger partial charge in [-0.3, -0.25) is 4.68 Å². The molecule has 0 amide bonds. The van der Waals surface area contributed by atoms with Crippen molar-refractivity contribution in [2.24, 2.45) is 7.05 Å². The van der Waals surface area contributed by atoms with E-state index >= 15 is 0 Å². The summed E-state index contributed by atoms with van der Waals surface area (Å²) in [5.41, 5.74) is 1.15. The van der Waals surface area contributed by atoms with Gasteiger partial charge in [-0.2, -0.15) is 0 Å². The van der Waals surface area contributed by atoms with E-state index in [0.717, 1.165) is 0 Å². The Morgan fingerprint density at radius 2 is 1.85 bits per heavy atom. The van der Waals surface area contributed by atoms with Crippen molar-refractivity contribution in [3.63, 3.8) is 0 Å². The van der Waals surface area contributed by atoms with Gasteiger partial charge in [-0.1, -0.05) is 33.5 Å². The number of benzene rings is 1. The molecule has 0 aliphatic carbocycles. The highest BCUT2D eigenvalue weighted by atomic mass is 35.5. The number of halogens is 2. The van der Waals surface area contributed by atoms with Gasteiger partial charge in [0.2, 0.25) is 0 Å². The molecule has 0 bridgehead atoms. The van der Waals surface area contributed by atoms with Crippen LogP contribution in [-0.2, 0) is 7.05 Å². The summed E-state index contributed by atoms with van der Waals surface area (Å²) in [6, 6.07) is 5.23. The molecule has 0 atom stereocenters. The van der Waals surface area contributed by atoms with E-state index in [2.05, 4.69) is 25.8 Å². The van der Waals surface area contributed by atoms with Gasteiger partial charge in [0.05, 0.1) is 6.20 Å². The van der Waals surface area contributed by atoms with Crippen molar-refractivity contribution in [2.75, 3.05) is 5.32 Å². The van der Waals surface area contributed by atoms with Crippen molar-refractivity contribution in [3.8, 4) is 11.6 Å². The first-order chi connectivity index (χ1) is 9.60. The van der Waals surface area contributed by atoms with E-state index in [9.17, 15) is 0 Å². The number of aromatic nitrogens is 5. The molecule has 0 aliphatic rings. The largest absolute Gasteiger partial charge is 0.401 e. The summed E-state index contributed by atoms with van der Waals surface area (Å²) in [4.78, 5) is 0. The Labute approximate surface area is 123 Å². The van der Waals surface area contributed by atoms with Crippen molar-refractivity contribution in [3.05, 3.63) is 34.4 Å². The molecule has 0 saturated carbocycles. The van der Waals surface area contributed by atoms with Gasteiger partial charge in [-0.15, -0.1) is 10.2 Å². The van der Waals surface area contributed by atoms with Crippen LogP contribution >= 0.6 is 23.2 Å². The fraction of sp³-hybridized carbons (Fsp3) is 0.0909. The number of nitrogens with one attached hydrogen (secondary N) is 1. The summed E-state index contributed by atoms with van der Waals surface area (Å²) in [6.07, 6.45) is 1.67. The van der Waals surface area contributed by atoms with Gasteiger partial charge in [0.15, 0.2) is 5.69 Å². The molecular formula is C11H8Cl2N6O. The highest BCUT2D eigenvalue weighted by Crippen LogP contribution is 2.25. The first kappa shape index (κ1) is 12.9. The van der Waals surface area contributed by atoms with Crippen molar-refractivity contribution >= 4 is 34.9 Å². The second-order valence-electron chi connectivity index (χ2n) is 3.97. The van der Waals surface area contributed by atoms with Crippen LogP contribution in [0.1, 0.15) is 0 Å². The van der Waals surface area contributed by atoms with Gasteiger partial charge in [-0.05, 0) is 18.2 Å². The van der Waals surface area contributed by atoms with Crippen LogP contribution < -0.4 is 5.32 Å². The Morgan fingerprint density at radius 3 is 2.50 bits per heavy atom. The monoisotopic (exact) mass is 310 g/mol. The van der Waals surface area contributed by atoms with E-state index in [1.807, 2.05) is 0 Å². The Hall–Kier alpha value is -2.12. The van der Waals surface area contributed by atoms with Gasteiger partial charge in [0, 0.05) is 22.8 Å². The average molecular weight is 311 g/mol. The fourth-order valence-corrected chi connectivity index (χ4v) is 2.10. The Kier molecular flexibility index (Phi) is 3.29. The summed E-state index contributed by atoms with van der Waals surface area (Å²) in [5.74, 6) is 0.272. The lowest BCUT2D eigenvalue weighted by molar-refractivity contribution is 0.585. The third-order valence-corrected chi connectivity index (χ3v) is 2.80. The van der Waals surface area contributed by atoms with E-state index < -0.39 is 0 Å². The summed E-state index contributed by atoms with van der Waals surface area (Å²) in [5, 5.41) is 19.4. The number of aryl methyl sites for hydroxylation is 1. The molecule has 0 radical (unpaired) electrons. The van der Waals surface area contributed by atoms with Gasteiger partial charge in [0.25, 0.3) is 5.89 Å². The lowest BCUT2D eigenvalue weighted by atomic mass is 10.3. The zero-order valence-electron chi connectivity index (χ0n) is 10.2. The zero-order valence-corrected chi connectivity index (χ0v) is 11.7. The smallest absolute Gasteiger partial charge is 0.320 e. The predicted octanol–water partition coefficient (Wildman–Crippen LogP) is 2.92. The molecule has 3 aromatic rings. The molecule has 7 nitrogen and oxygen atoms in total. The molecule has 102 valence electrons. The topological polar surface area (TPSA) is 81.7 Å². The standard InChI is InChI=1S/C11H8Cl2N6O/c1-19-5-9(15-18-19)10-16-17-11(20-10)14-8-3-6(12)2-7(13)4-8/h2-5H,1H3,(H,14,17). The number of hydrogen-bond acceptors (Lipinski definition) is 6. The Bertz CT molecular complexity index is 733. The Balaban J connectivity index is 1.83. The summed E-state index contributed by atoms with van der Waals surface area (Å²) in [7, 11) is 1.75. The third-order valence-electron chi connectivity index (χ3n) is 2.36. The molecule has 1 aromatic carbocycles. The van der Waals surface area contributed by atoms with E-state index in [1.165, 1.54) is 0 Å². The van der Waals surface area contributed by atoms with Gasteiger partial charge in [0.1, 0.15) is 0 Å². The summed E-state index contributed by atoms with van der Waals surface area (Å²) in [6.45, 7) is 0. The van der Waals surface area contributed by atoms with Crippen LogP contribution in [0.15, 0.2) is 28.8 Å². The first-order valence-electron chi connectivity index (χ1n) is 5.53. The van der Waals surface area contributed by atoms with Crippen LogP contribution in [-0.4, -0.2) is 25.2 Å². The molecular weight excluding hydrogens is 303 g/mol. The molecule has 2 heterocycles. The number of anilines is 2. The minimum Gasteiger partial charge on any atom is -0.401 e. The maximum absolute atomic E-state index is 5.91. The molecule has 0 spiro atoms. The van der Waals surface area contributed by atoms with E-state index in [-0.39, 0.29) is 11.9 Å². The summed E-state index contributed by atoms with van der Waals surface area (Å²) >= 11 is 11.8. The van der Waals surface area contributed by atoms with Crippen LogP contribution in [0.2, 0.25) is 10.0 Å². The van der Waals surface area contributed by atoms with Gasteiger partial charge in [-0.25, -0.2) is 0 Å². The maximum Gasteiger partial charge on any atom is 0.320 e. The molecule has 3 rings (SSSR count). The van der Waals surface area contributed by atoms with Crippen molar-refractivity contribution < 1.29 is 4.42 Å². The molecule has 0 fully saturated rings. The van der Waals surface area contributed by atoms with Crippen LogP contribution in [0.25, 0.3) is 11.6 Å². The molecule has 0 saturated heterocycles. The van der Waals surface area contributed by atoms with Crippen molar-refractivity contribution in [2.45, 2.75) is 0 Å².